The number of aliphatic hydroxyl groups is 1. The molecule has 272 valence electrons. The molecule has 2 saturated heterocycles. The molecule has 11 nitrogen and oxygen atoms in total. The summed E-state index contributed by atoms with van der Waals surface area (Å²) in [5, 5.41) is 18.5. The van der Waals surface area contributed by atoms with Gasteiger partial charge < -0.3 is 29.4 Å². The van der Waals surface area contributed by atoms with Gasteiger partial charge in [0.1, 0.15) is 35.3 Å². The SMILES string of the molecule is COc1ccc(C(OC[C@H]2O[C@@H](N3CC(C(=O)NCc4cccc5ccccc45)C(=O)NC3=O)C[C@@H]2O)(c2ccccc2)c2ccc(OC)cc2)cc1. The fourth-order valence-corrected chi connectivity index (χ4v) is 7.17. The third-order valence-corrected chi connectivity index (χ3v) is 10.0. The lowest BCUT2D eigenvalue weighted by Gasteiger charge is -2.37. The van der Waals surface area contributed by atoms with Crippen LogP contribution in [0.3, 0.4) is 0 Å². The second kappa shape index (κ2) is 15.5. The minimum atomic E-state index is -1.17. The van der Waals surface area contributed by atoms with Crippen LogP contribution >= 0.6 is 0 Å². The van der Waals surface area contributed by atoms with Crippen LogP contribution in [-0.4, -0.2) is 73.7 Å². The second-order valence-corrected chi connectivity index (χ2v) is 13.1. The van der Waals surface area contributed by atoms with E-state index in [2.05, 4.69) is 10.6 Å². The lowest BCUT2D eigenvalue weighted by atomic mass is 9.80. The number of imide groups is 1. The van der Waals surface area contributed by atoms with Gasteiger partial charge in [0, 0.05) is 19.5 Å². The van der Waals surface area contributed by atoms with Gasteiger partial charge in [0.05, 0.1) is 26.9 Å². The number of amides is 4. The summed E-state index contributed by atoms with van der Waals surface area (Å²) in [5.41, 5.74) is 2.21. The van der Waals surface area contributed by atoms with Crippen LogP contribution in [-0.2, 0) is 31.2 Å². The quantitative estimate of drug-likeness (QED) is 0.120. The van der Waals surface area contributed by atoms with E-state index in [1.807, 2.05) is 121 Å². The zero-order chi connectivity index (χ0) is 37.0. The Balaban J connectivity index is 1.10. The molecule has 2 fully saturated rings. The normalized spacial score (nSPS) is 20.2. The van der Waals surface area contributed by atoms with Gasteiger partial charge in [-0.3, -0.25) is 19.8 Å². The predicted octanol–water partition coefficient (Wildman–Crippen LogP) is 5.13. The number of methoxy groups -OCH3 is 2. The van der Waals surface area contributed by atoms with Crippen molar-refractivity contribution in [2.45, 2.75) is 37.0 Å². The molecule has 0 radical (unpaired) electrons. The van der Waals surface area contributed by atoms with Crippen LogP contribution in [0.4, 0.5) is 4.79 Å². The summed E-state index contributed by atoms with van der Waals surface area (Å²) < 4.78 is 24.1. The van der Waals surface area contributed by atoms with Crippen LogP contribution < -0.4 is 20.1 Å². The molecule has 0 spiro atoms. The molecule has 2 heterocycles. The van der Waals surface area contributed by atoms with Gasteiger partial charge >= 0.3 is 6.03 Å². The molecule has 2 aliphatic rings. The first kappa shape index (κ1) is 35.6. The molecule has 4 amide bonds. The second-order valence-electron chi connectivity index (χ2n) is 13.1. The number of benzene rings is 5. The van der Waals surface area contributed by atoms with Crippen molar-refractivity contribution in [2.24, 2.45) is 5.92 Å². The lowest BCUT2D eigenvalue weighted by Crippen LogP contribution is -2.60. The lowest BCUT2D eigenvalue weighted by molar-refractivity contribution is -0.140. The van der Waals surface area contributed by atoms with Gasteiger partial charge in [0.25, 0.3) is 0 Å². The standard InChI is InChI=1S/C42H41N3O8/c1-50-32-19-15-30(16-20-32)42(29-12-4-3-5-13-29,31-17-21-33(51-2)22-18-31)52-26-37-36(46)23-38(53-37)45-25-35(40(48)44-41(45)49)39(47)43-24-28-11-8-10-27-9-6-7-14-34(27)28/h3-22,35-38,46H,23-26H2,1-2H3,(H,43,47)(H,44,48,49)/t35?,36-,37+,38+/m0/s1. The molecule has 11 heteroatoms. The third kappa shape index (κ3) is 7.19. The van der Waals surface area contributed by atoms with Crippen molar-refractivity contribution in [2.75, 3.05) is 27.4 Å². The van der Waals surface area contributed by atoms with Crippen LogP contribution in [0.1, 0.15) is 28.7 Å². The van der Waals surface area contributed by atoms with E-state index in [-0.39, 0.29) is 26.1 Å². The Morgan fingerprint density at radius 1 is 0.830 bits per heavy atom. The van der Waals surface area contributed by atoms with Gasteiger partial charge in [-0.05, 0) is 57.3 Å². The summed E-state index contributed by atoms with van der Waals surface area (Å²) in [6, 6.07) is 37.9. The molecule has 0 aromatic heterocycles. The summed E-state index contributed by atoms with van der Waals surface area (Å²) in [4.78, 5) is 40.7. The van der Waals surface area contributed by atoms with Crippen molar-refractivity contribution in [3.63, 3.8) is 0 Å². The number of nitrogens with zero attached hydrogens (tertiary/aromatic N) is 1. The molecule has 53 heavy (non-hydrogen) atoms. The molecular formula is C42H41N3O8. The molecule has 5 aromatic rings. The number of carbonyl (C=O) groups is 3. The Labute approximate surface area is 307 Å². The monoisotopic (exact) mass is 715 g/mol. The van der Waals surface area contributed by atoms with Crippen LogP contribution in [0.15, 0.2) is 121 Å². The predicted molar refractivity (Wildman–Crippen MR) is 197 cm³/mol. The highest BCUT2D eigenvalue weighted by molar-refractivity contribution is 6.08. The maximum Gasteiger partial charge on any atom is 0.326 e. The average molecular weight is 716 g/mol. The van der Waals surface area contributed by atoms with Crippen molar-refractivity contribution in [1.29, 1.82) is 0 Å². The van der Waals surface area contributed by atoms with Crippen LogP contribution in [0.2, 0.25) is 0 Å². The van der Waals surface area contributed by atoms with Gasteiger partial charge in [-0.15, -0.1) is 0 Å². The van der Waals surface area contributed by atoms with Gasteiger partial charge in [0.15, 0.2) is 0 Å². The Morgan fingerprint density at radius 2 is 1.43 bits per heavy atom. The van der Waals surface area contributed by atoms with Gasteiger partial charge in [0.2, 0.25) is 11.8 Å². The number of aliphatic hydroxyl groups excluding tert-OH is 1. The van der Waals surface area contributed by atoms with E-state index in [1.165, 1.54) is 4.90 Å². The summed E-state index contributed by atoms with van der Waals surface area (Å²) >= 11 is 0. The Morgan fingerprint density at radius 3 is 2.09 bits per heavy atom. The molecule has 7 rings (SSSR count). The number of nitrogens with one attached hydrogen (secondary N) is 2. The zero-order valence-corrected chi connectivity index (χ0v) is 29.4. The van der Waals surface area contributed by atoms with Crippen LogP contribution in [0.25, 0.3) is 10.8 Å². The van der Waals surface area contributed by atoms with Crippen LogP contribution in [0.5, 0.6) is 11.5 Å². The molecule has 0 aliphatic carbocycles. The highest BCUT2D eigenvalue weighted by Gasteiger charge is 2.46. The smallest absolute Gasteiger partial charge is 0.326 e. The first-order chi connectivity index (χ1) is 25.8. The number of hydrogen-bond acceptors (Lipinski definition) is 8. The number of urea groups is 1. The van der Waals surface area contributed by atoms with E-state index in [0.717, 1.165) is 33.0 Å². The topological polar surface area (TPSA) is 136 Å². The van der Waals surface area contributed by atoms with E-state index in [0.29, 0.717) is 11.5 Å². The fourth-order valence-electron chi connectivity index (χ4n) is 7.17. The van der Waals surface area contributed by atoms with E-state index in [1.54, 1.807) is 14.2 Å². The molecule has 2 aliphatic heterocycles. The summed E-state index contributed by atoms with van der Waals surface area (Å²) in [6.07, 6.45) is -2.70. The molecule has 4 atom stereocenters. The minimum absolute atomic E-state index is 0.0589. The number of carbonyl (C=O) groups excluding carboxylic acids is 3. The third-order valence-electron chi connectivity index (χ3n) is 10.0. The minimum Gasteiger partial charge on any atom is -0.497 e. The number of hydrogen-bond donors (Lipinski definition) is 3. The van der Waals surface area contributed by atoms with E-state index in [9.17, 15) is 19.5 Å². The van der Waals surface area contributed by atoms with E-state index < -0.39 is 47.8 Å². The molecule has 0 bridgehead atoms. The van der Waals surface area contributed by atoms with Gasteiger partial charge in [-0.25, -0.2) is 4.79 Å². The van der Waals surface area contributed by atoms with Crippen molar-refractivity contribution in [1.82, 2.24) is 15.5 Å². The molecule has 5 aromatic carbocycles. The zero-order valence-electron chi connectivity index (χ0n) is 29.4. The largest absolute Gasteiger partial charge is 0.497 e. The fraction of sp³-hybridized carbons (Fsp3) is 0.262. The number of rotatable bonds is 12. The average Bonchev–Trinajstić information content (AvgIpc) is 3.57. The van der Waals surface area contributed by atoms with Gasteiger partial charge in [-0.2, -0.15) is 0 Å². The molecule has 3 N–H and O–H groups in total. The number of ether oxygens (including phenoxy) is 4. The summed E-state index contributed by atoms with van der Waals surface area (Å²) in [5.74, 6) is -1.01. The summed E-state index contributed by atoms with van der Waals surface area (Å²) in [7, 11) is 3.21. The molecule has 1 unspecified atom stereocenters. The first-order valence-corrected chi connectivity index (χ1v) is 17.5. The highest BCUT2D eigenvalue weighted by Crippen LogP contribution is 2.42. The first-order valence-electron chi connectivity index (χ1n) is 17.5. The van der Waals surface area contributed by atoms with Crippen molar-refractivity contribution in [3.05, 3.63) is 144 Å². The molecule has 0 saturated carbocycles. The Kier molecular flexibility index (Phi) is 10.4. The number of fused-ring (bicyclic) bond motifs is 1. The summed E-state index contributed by atoms with van der Waals surface area (Å²) in [6.45, 7) is -0.0574. The van der Waals surface area contributed by atoms with Crippen molar-refractivity contribution in [3.8, 4) is 11.5 Å². The highest BCUT2D eigenvalue weighted by atomic mass is 16.6. The van der Waals surface area contributed by atoms with Crippen molar-refractivity contribution < 1.29 is 38.4 Å². The maximum atomic E-state index is 13.4. The Hall–Kier alpha value is -5.75. The Bertz CT molecular complexity index is 2020. The van der Waals surface area contributed by atoms with Crippen molar-refractivity contribution >= 4 is 28.6 Å². The van der Waals surface area contributed by atoms with E-state index >= 15 is 0 Å². The van der Waals surface area contributed by atoms with Crippen LogP contribution in [0, 0.1) is 5.92 Å². The maximum absolute atomic E-state index is 13.4. The molecular weight excluding hydrogens is 674 g/mol. The van der Waals surface area contributed by atoms with E-state index in [4.69, 9.17) is 18.9 Å². The van der Waals surface area contributed by atoms with Gasteiger partial charge in [-0.1, -0.05) is 97.1 Å².